The molecule has 0 bridgehead atoms. The highest BCUT2D eigenvalue weighted by molar-refractivity contribution is 6.04. The molecule has 3 rings (SSSR count). The molecule has 0 aromatic carbocycles. The van der Waals surface area contributed by atoms with Gasteiger partial charge in [0.25, 0.3) is 5.91 Å². The van der Waals surface area contributed by atoms with Gasteiger partial charge in [0.1, 0.15) is 5.82 Å². The highest BCUT2D eigenvalue weighted by Crippen LogP contribution is 2.19. The number of piperidine rings is 1. The van der Waals surface area contributed by atoms with Gasteiger partial charge in [-0.25, -0.2) is 9.67 Å². The second kappa shape index (κ2) is 5.69. The highest BCUT2D eigenvalue weighted by Gasteiger charge is 2.21. The van der Waals surface area contributed by atoms with Crippen molar-refractivity contribution < 1.29 is 4.79 Å². The number of aromatic nitrogens is 3. The van der Waals surface area contributed by atoms with Crippen molar-refractivity contribution in [2.24, 2.45) is 7.05 Å². The van der Waals surface area contributed by atoms with Crippen LogP contribution in [0.1, 0.15) is 23.3 Å². The summed E-state index contributed by atoms with van der Waals surface area (Å²) >= 11 is 0. The SMILES string of the molecule is CNc1ccc2c(C(=O)NC3CCNCC3)nn(C)c2n1. The maximum atomic E-state index is 12.4. The molecule has 1 saturated heterocycles. The Balaban J connectivity index is 1.87. The minimum absolute atomic E-state index is 0.119. The third kappa shape index (κ3) is 2.69. The van der Waals surface area contributed by atoms with Crippen LogP contribution in [0.4, 0.5) is 5.82 Å². The van der Waals surface area contributed by atoms with Crippen LogP contribution in [0.25, 0.3) is 11.0 Å². The molecule has 0 saturated carbocycles. The summed E-state index contributed by atoms with van der Waals surface area (Å²) in [7, 11) is 3.62. The smallest absolute Gasteiger partial charge is 0.272 e. The van der Waals surface area contributed by atoms with Crippen molar-refractivity contribution in [1.82, 2.24) is 25.4 Å². The van der Waals surface area contributed by atoms with E-state index in [-0.39, 0.29) is 11.9 Å². The molecule has 21 heavy (non-hydrogen) atoms. The van der Waals surface area contributed by atoms with Crippen molar-refractivity contribution in [3.05, 3.63) is 17.8 Å². The maximum Gasteiger partial charge on any atom is 0.272 e. The Hall–Kier alpha value is -2.15. The van der Waals surface area contributed by atoms with Gasteiger partial charge in [0.15, 0.2) is 11.3 Å². The Morgan fingerprint density at radius 3 is 2.86 bits per heavy atom. The number of pyridine rings is 1. The summed E-state index contributed by atoms with van der Waals surface area (Å²) in [5.74, 6) is 0.641. The molecule has 0 unspecified atom stereocenters. The zero-order chi connectivity index (χ0) is 14.8. The summed E-state index contributed by atoms with van der Waals surface area (Å²) in [6.07, 6.45) is 1.91. The predicted octanol–water partition coefficient (Wildman–Crippen LogP) is 0.492. The number of aryl methyl sites for hydroxylation is 1. The summed E-state index contributed by atoms with van der Waals surface area (Å²) in [5.41, 5.74) is 1.15. The molecule has 1 aliphatic rings. The van der Waals surface area contributed by atoms with Crippen LogP contribution in [0, 0.1) is 0 Å². The molecule has 0 spiro atoms. The van der Waals surface area contributed by atoms with E-state index in [9.17, 15) is 4.79 Å². The van der Waals surface area contributed by atoms with Crippen molar-refractivity contribution in [3.63, 3.8) is 0 Å². The van der Waals surface area contributed by atoms with E-state index in [1.807, 2.05) is 19.2 Å². The summed E-state index contributed by atoms with van der Waals surface area (Å²) in [6.45, 7) is 1.89. The van der Waals surface area contributed by atoms with Crippen LogP contribution in [-0.4, -0.2) is 46.9 Å². The van der Waals surface area contributed by atoms with E-state index in [0.29, 0.717) is 11.3 Å². The van der Waals surface area contributed by atoms with Gasteiger partial charge in [-0.1, -0.05) is 0 Å². The van der Waals surface area contributed by atoms with Gasteiger partial charge in [0, 0.05) is 20.1 Å². The number of nitrogens with zero attached hydrogens (tertiary/aromatic N) is 3. The largest absolute Gasteiger partial charge is 0.373 e. The van der Waals surface area contributed by atoms with Crippen LogP contribution in [0.2, 0.25) is 0 Å². The molecule has 1 aliphatic heterocycles. The topological polar surface area (TPSA) is 83.9 Å². The lowest BCUT2D eigenvalue weighted by Crippen LogP contribution is -2.42. The summed E-state index contributed by atoms with van der Waals surface area (Å²) < 4.78 is 1.65. The summed E-state index contributed by atoms with van der Waals surface area (Å²) in [5, 5.41) is 14.5. The van der Waals surface area contributed by atoms with Gasteiger partial charge in [-0.15, -0.1) is 0 Å². The first kappa shape index (κ1) is 13.8. The highest BCUT2D eigenvalue weighted by atomic mass is 16.2. The Bertz CT molecular complexity index is 659. The molecule has 7 nitrogen and oxygen atoms in total. The second-order valence-corrected chi connectivity index (χ2v) is 5.29. The van der Waals surface area contributed by atoms with Gasteiger partial charge in [0.2, 0.25) is 0 Å². The third-order valence-corrected chi connectivity index (χ3v) is 3.83. The molecule has 3 heterocycles. The second-order valence-electron chi connectivity index (χ2n) is 5.29. The number of nitrogens with one attached hydrogen (secondary N) is 3. The van der Waals surface area contributed by atoms with Crippen LogP contribution < -0.4 is 16.0 Å². The molecule has 7 heteroatoms. The standard InChI is InChI=1S/C14H20N6O/c1-15-11-4-3-10-12(19-20(2)13(10)18-11)14(21)17-9-5-7-16-8-6-9/h3-4,9,16H,5-8H2,1-2H3,(H,15,18)(H,17,21). The van der Waals surface area contributed by atoms with Crippen LogP contribution in [0.15, 0.2) is 12.1 Å². The first-order valence-corrected chi connectivity index (χ1v) is 7.22. The Morgan fingerprint density at radius 1 is 1.38 bits per heavy atom. The predicted molar refractivity (Wildman–Crippen MR) is 81.4 cm³/mol. The zero-order valence-corrected chi connectivity index (χ0v) is 12.3. The lowest BCUT2D eigenvalue weighted by Gasteiger charge is -2.23. The van der Waals surface area contributed by atoms with E-state index < -0.39 is 0 Å². The van der Waals surface area contributed by atoms with Crippen molar-refractivity contribution in [2.45, 2.75) is 18.9 Å². The number of carbonyl (C=O) groups excluding carboxylic acids is 1. The average Bonchev–Trinajstić information content (AvgIpc) is 2.85. The summed E-state index contributed by atoms with van der Waals surface area (Å²) in [6, 6.07) is 3.96. The molecule has 1 amide bonds. The zero-order valence-electron chi connectivity index (χ0n) is 12.3. The van der Waals surface area contributed by atoms with Gasteiger partial charge in [-0.3, -0.25) is 4.79 Å². The molecule has 2 aromatic rings. The fourth-order valence-corrected chi connectivity index (χ4v) is 2.66. The molecular formula is C14H20N6O. The minimum Gasteiger partial charge on any atom is -0.373 e. The van der Waals surface area contributed by atoms with Crippen LogP contribution in [0.3, 0.4) is 0 Å². The first-order valence-electron chi connectivity index (χ1n) is 7.22. The van der Waals surface area contributed by atoms with Crippen LogP contribution in [-0.2, 0) is 7.05 Å². The minimum atomic E-state index is -0.119. The van der Waals surface area contributed by atoms with E-state index in [1.54, 1.807) is 11.7 Å². The number of anilines is 1. The van der Waals surface area contributed by atoms with Crippen molar-refractivity contribution in [2.75, 3.05) is 25.5 Å². The van der Waals surface area contributed by atoms with Crippen LogP contribution in [0.5, 0.6) is 0 Å². The number of carbonyl (C=O) groups is 1. The number of fused-ring (bicyclic) bond motifs is 1. The molecule has 0 aliphatic carbocycles. The fraction of sp³-hybridized carbons (Fsp3) is 0.500. The third-order valence-electron chi connectivity index (χ3n) is 3.83. The van der Waals surface area contributed by atoms with E-state index >= 15 is 0 Å². The Labute approximate surface area is 123 Å². The molecule has 2 aromatic heterocycles. The van der Waals surface area contributed by atoms with Crippen molar-refractivity contribution in [1.29, 1.82) is 0 Å². The lowest BCUT2D eigenvalue weighted by atomic mass is 10.1. The monoisotopic (exact) mass is 288 g/mol. The van der Waals surface area contributed by atoms with Gasteiger partial charge >= 0.3 is 0 Å². The van der Waals surface area contributed by atoms with Gasteiger partial charge in [-0.2, -0.15) is 5.10 Å². The number of rotatable bonds is 3. The van der Waals surface area contributed by atoms with Crippen molar-refractivity contribution >= 4 is 22.8 Å². The Morgan fingerprint density at radius 2 is 2.14 bits per heavy atom. The van der Waals surface area contributed by atoms with E-state index in [0.717, 1.165) is 37.1 Å². The average molecular weight is 288 g/mol. The normalized spacial score (nSPS) is 16.1. The molecule has 1 fully saturated rings. The Kier molecular flexibility index (Phi) is 3.74. The van der Waals surface area contributed by atoms with Crippen molar-refractivity contribution in [3.8, 4) is 0 Å². The molecule has 112 valence electrons. The lowest BCUT2D eigenvalue weighted by molar-refractivity contribution is 0.0925. The van der Waals surface area contributed by atoms with Gasteiger partial charge in [-0.05, 0) is 38.1 Å². The first-order chi connectivity index (χ1) is 10.2. The number of hydrogen-bond donors (Lipinski definition) is 3. The van der Waals surface area contributed by atoms with Gasteiger partial charge < -0.3 is 16.0 Å². The maximum absolute atomic E-state index is 12.4. The number of hydrogen-bond acceptors (Lipinski definition) is 5. The van der Waals surface area contributed by atoms with E-state index in [1.165, 1.54) is 0 Å². The van der Waals surface area contributed by atoms with E-state index in [2.05, 4.69) is 26.0 Å². The van der Waals surface area contributed by atoms with Crippen LogP contribution >= 0.6 is 0 Å². The molecule has 3 N–H and O–H groups in total. The fourth-order valence-electron chi connectivity index (χ4n) is 2.66. The molecule has 0 atom stereocenters. The quantitative estimate of drug-likeness (QED) is 0.765. The van der Waals surface area contributed by atoms with Gasteiger partial charge in [0.05, 0.1) is 5.39 Å². The molecular weight excluding hydrogens is 268 g/mol. The summed E-state index contributed by atoms with van der Waals surface area (Å²) in [4.78, 5) is 16.9. The molecule has 0 radical (unpaired) electrons. The van der Waals surface area contributed by atoms with E-state index in [4.69, 9.17) is 0 Å². The number of amides is 1.